The second-order valence-electron chi connectivity index (χ2n) is 4.88. The van der Waals surface area contributed by atoms with Crippen molar-refractivity contribution in [3.63, 3.8) is 0 Å². The van der Waals surface area contributed by atoms with E-state index >= 15 is 0 Å². The fraction of sp³-hybridized carbons (Fsp3) is 0.400. The maximum absolute atomic E-state index is 12.0. The highest BCUT2D eigenvalue weighted by molar-refractivity contribution is 5.76. The SMILES string of the molecule is CC1=CCN(C(=O)CCc2ccc(N)cc2)CC1. The minimum Gasteiger partial charge on any atom is -0.399 e. The van der Waals surface area contributed by atoms with Crippen LogP contribution in [0.3, 0.4) is 0 Å². The third kappa shape index (κ3) is 3.36. The van der Waals surface area contributed by atoms with Crippen LogP contribution in [0.1, 0.15) is 25.3 Å². The molecule has 0 unspecified atom stereocenters. The van der Waals surface area contributed by atoms with Gasteiger partial charge in [0.15, 0.2) is 0 Å². The van der Waals surface area contributed by atoms with Crippen LogP contribution in [-0.4, -0.2) is 23.9 Å². The lowest BCUT2D eigenvalue weighted by molar-refractivity contribution is -0.130. The van der Waals surface area contributed by atoms with Crippen LogP contribution in [0.25, 0.3) is 0 Å². The molecule has 0 saturated carbocycles. The molecular weight excluding hydrogens is 224 g/mol. The van der Waals surface area contributed by atoms with E-state index in [0.29, 0.717) is 6.42 Å². The summed E-state index contributed by atoms with van der Waals surface area (Å²) in [6, 6.07) is 7.74. The fourth-order valence-electron chi connectivity index (χ4n) is 2.09. The molecular formula is C15H20N2O. The first-order chi connectivity index (χ1) is 8.65. The van der Waals surface area contributed by atoms with Gasteiger partial charge in [0.25, 0.3) is 0 Å². The summed E-state index contributed by atoms with van der Waals surface area (Å²) in [6.45, 7) is 3.76. The Kier molecular flexibility index (Phi) is 4.03. The van der Waals surface area contributed by atoms with E-state index in [-0.39, 0.29) is 5.91 Å². The van der Waals surface area contributed by atoms with Crippen LogP contribution in [0.4, 0.5) is 5.69 Å². The highest BCUT2D eigenvalue weighted by Gasteiger charge is 2.15. The van der Waals surface area contributed by atoms with Gasteiger partial charge in [0.2, 0.25) is 5.91 Å². The summed E-state index contributed by atoms with van der Waals surface area (Å²) in [7, 11) is 0. The fourth-order valence-corrected chi connectivity index (χ4v) is 2.09. The average Bonchev–Trinajstić information content (AvgIpc) is 2.38. The molecule has 0 spiro atoms. The molecule has 0 radical (unpaired) electrons. The van der Waals surface area contributed by atoms with Crippen molar-refractivity contribution in [2.75, 3.05) is 18.8 Å². The summed E-state index contributed by atoms with van der Waals surface area (Å²) in [4.78, 5) is 14.0. The summed E-state index contributed by atoms with van der Waals surface area (Å²) in [5.41, 5.74) is 8.95. The number of nitrogens with two attached hydrogens (primary N) is 1. The van der Waals surface area contributed by atoms with E-state index in [1.165, 1.54) is 11.1 Å². The summed E-state index contributed by atoms with van der Waals surface area (Å²) in [5.74, 6) is 0.246. The maximum atomic E-state index is 12.0. The quantitative estimate of drug-likeness (QED) is 0.655. The monoisotopic (exact) mass is 244 g/mol. The normalized spacial score (nSPS) is 15.4. The van der Waals surface area contributed by atoms with Gasteiger partial charge in [-0.25, -0.2) is 0 Å². The molecule has 0 atom stereocenters. The predicted molar refractivity (Wildman–Crippen MR) is 74.1 cm³/mol. The third-order valence-corrected chi connectivity index (χ3v) is 3.40. The smallest absolute Gasteiger partial charge is 0.223 e. The number of hydrogen-bond donors (Lipinski definition) is 1. The molecule has 0 aliphatic carbocycles. The molecule has 2 rings (SSSR count). The molecule has 18 heavy (non-hydrogen) atoms. The molecule has 0 aromatic heterocycles. The molecule has 1 aliphatic rings. The maximum Gasteiger partial charge on any atom is 0.223 e. The van der Waals surface area contributed by atoms with Crippen LogP contribution in [-0.2, 0) is 11.2 Å². The molecule has 1 aliphatic heterocycles. The van der Waals surface area contributed by atoms with E-state index in [1.54, 1.807) is 0 Å². The number of aryl methyl sites for hydroxylation is 1. The van der Waals surface area contributed by atoms with E-state index in [0.717, 1.165) is 31.6 Å². The van der Waals surface area contributed by atoms with Crippen LogP contribution in [0.2, 0.25) is 0 Å². The first-order valence-corrected chi connectivity index (χ1v) is 6.43. The number of rotatable bonds is 3. The zero-order chi connectivity index (χ0) is 13.0. The number of benzene rings is 1. The summed E-state index contributed by atoms with van der Waals surface area (Å²) < 4.78 is 0. The molecule has 2 N–H and O–H groups in total. The predicted octanol–water partition coefficient (Wildman–Crippen LogP) is 2.38. The number of nitrogens with zero attached hydrogens (tertiary/aromatic N) is 1. The molecule has 1 amide bonds. The minimum atomic E-state index is 0.246. The number of anilines is 1. The Bertz CT molecular complexity index is 448. The summed E-state index contributed by atoms with van der Waals surface area (Å²) >= 11 is 0. The Morgan fingerprint density at radius 1 is 1.33 bits per heavy atom. The molecule has 3 heteroatoms. The molecule has 3 nitrogen and oxygen atoms in total. The standard InChI is InChI=1S/C15H20N2O/c1-12-8-10-17(11-9-12)15(18)7-4-13-2-5-14(16)6-3-13/h2-3,5-6,8H,4,7,9-11,16H2,1H3. The van der Waals surface area contributed by atoms with Crippen molar-refractivity contribution in [2.24, 2.45) is 0 Å². The average molecular weight is 244 g/mol. The third-order valence-electron chi connectivity index (χ3n) is 3.40. The van der Waals surface area contributed by atoms with Crippen molar-refractivity contribution < 1.29 is 4.79 Å². The topological polar surface area (TPSA) is 46.3 Å². The van der Waals surface area contributed by atoms with Crippen molar-refractivity contribution in [3.05, 3.63) is 41.5 Å². The lowest BCUT2D eigenvalue weighted by Crippen LogP contribution is -2.34. The summed E-state index contributed by atoms with van der Waals surface area (Å²) in [6.07, 6.45) is 4.52. The van der Waals surface area contributed by atoms with Gasteiger partial charge >= 0.3 is 0 Å². The Morgan fingerprint density at radius 3 is 2.67 bits per heavy atom. The Labute approximate surface area is 108 Å². The largest absolute Gasteiger partial charge is 0.399 e. The van der Waals surface area contributed by atoms with Gasteiger partial charge in [0.1, 0.15) is 0 Å². The second kappa shape index (κ2) is 5.71. The van der Waals surface area contributed by atoms with E-state index < -0.39 is 0 Å². The van der Waals surface area contributed by atoms with Gasteiger partial charge in [0.05, 0.1) is 0 Å². The molecule has 0 fully saturated rings. The number of amides is 1. The Morgan fingerprint density at radius 2 is 2.06 bits per heavy atom. The van der Waals surface area contributed by atoms with Gasteiger partial charge in [-0.15, -0.1) is 0 Å². The van der Waals surface area contributed by atoms with Gasteiger partial charge in [0, 0.05) is 25.2 Å². The van der Waals surface area contributed by atoms with Gasteiger partial charge in [-0.05, 0) is 37.5 Å². The number of nitrogen functional groups attached to an aromatic ring is 1. The van der Waals surface area contributed by atoms with Crippen molar-refractivity contribution in [3.8, 4) is 0 Å². The van der Waals surface area contributed by atoms with E-state index in [9.17, 15) is 4.79 Å². The van der Waals surface area contributed by atoms with E-state index in [2.05, 4.69) is 13.0 Å². The highest BCUT2D eigenvalue weighted by atomic mass is 16.2. The molecule has 1 aromatic carbocycles. The molecule has 0 bridgehead atoms. The van der Waals surface area contributed by atoms with Crippen LogP contribution < -0.4 is 5.73 Å². The number of hydrogen-bond acceptors (Lipinski definition) is 2. The van der Waals surface area contributed by atoms with Crippen molar-refractivity contribution in [1.29, 1.82) is 0 Å². The Balaban J connectivity index is 1.83. The number of carbonyl (C=O) groups excluding carboxylic acids is 1. The first kappa shape index (κ1) is 12.7. The summed E-state index contributed by atoms with van der Waals surface area (Å²) in [5, 5.41) is 0. The zero-order valence-electron chi connectivity index (χ0n) is 10.9. The Hall–Kier alpha value is -1.77. The van der Waals surface area contributed by atoms with Crippen LogP contribution in [0, 0.1) is 0 Å². The van der Waals surface area contributed by atoms with Crippen LogP contribution >= 0.6 is 0 Å². The van der Waals surface area contributed by atoms with E-state index in [4.69, 9.17) is 5.73 Å². The first-order valence-electron chi connectivity index (χ1n) is 6.43. The van der Waals surface area contributed by atoms with Crippen LogP contribution in [0.15, 0.2) is 35.9 Å². The van der Waals surface area contributed by atoms with Crippen molar-refractivity contribution in [1.82, 2.24) is 4.90 Å². The highest BCUT2D eigenvalue weighted by Crippen LogP contribution is 2.13. The minimum absolute atomic E-state index is 0.246. The van der Waals surface area contributed by atoms with Gasteiger partial charge in [-0.3, -0.25) is 4.79 Å². The number of carbonyl (C=O) groups is 1. The van der Waals surface area contributed by atoms with Crippen LogP contribution in [0.5, 0.6) is 0 Å². The van der Waals surface area contributed by atoms with Gasteiger partial charge in [-0.1, -0.05) is 23.8 Å². The van der Waals surface area contributed by atoms with Crippen molar-refractivity contribution >= 4 is 11.6 Å². The lowest BCUT2D eigenvalue weighted by atomic mass is 10.1. The molecule has 96 valence electrons. The molecule has 0 saturated heterocycles. The molecule has 1 aromatic rings. The van der Waals surface area contributed by atoms with Gasteiger partial charge in [-0.2, -0.15) is 0 Å². The van der Waals surface area contributed by atoms with E-state index in [1.807, 2.05) is 29.2 Å². The van der Waals surface area contributed by atoms with Gasteiger partial charge < -0.3 is 10.6 Å². The lowest BCUT2D eigenvalue weighted by Gasteiger charge is -2.25. The molecule has 1 heterocycles. The van der Waals surface area contributed by atoms with Crippen molar-refractivity contribution in [2.45, 2.75) is 26.2 Å². The second-order valence-corrected chi connectivity index (χ2v) is 4.88. The zero-order valence-corrected chi connectivity index (χ0v) is 10.9.